The topological polar surface area (TPSA) is 120 Å². The molecule has 1 aromatic rings. The third-order valence-electron chi connectivity index (χ3n) is 2.41. The van der Waals surface area contributed by atoms with Crippen LogP contribution in [0.15, 0.2) is 17.0 Å². The lowest BCUT2D eigenvalue weighted by atomic mass is 10.0. The summed E-state index contributed by atoms with van der Waals surface area (Å²) in [4.78, 5) is 15.1. The molecule has 0 atom stereocenters. The molecule has 0 spiro atoms. The van der Waals surface area contributed by atoms with E-state index < -0.39 is 60.1 Å². The molecular weight excluding hydrogens is 366 g/mol. The second-order valence-electron chi connectivity index (χ2n) is 3.86. The molecule has 0 amide bonds. The van der Waals surface area contributed by atoms with E-state index >= 15 is 0 Å². The van der Waals surface area contributed by atoms with Gasteiger partial charge in [-0.15, -0.1) is 3.89 Å². The quantitative estimate of drug-likeness (QED) is 0.349. The Morgan fingerprint density at radius 1 is 0.957 bits per heavy atom. The van der Waals surface area contributed by atoms with Crippen LogP contribution in [-0.2, 0) is 16.1 Å². The first kappa shape index (κ1) is 18.6. The number of nitrogens with zero attached hydrogens (tertiary/aromatic N) is 2. The first-order chi connectivity index (χ1) is 10.1. The maximum atomic E-state index is 13.4. The summed E-state index contributed by atoms with van der Waals surface area (Å²) < 4.78 is 98.4. The van der Waals surface area contributed by atoms with E-state index in [0.717, 1.165) is 0 Å². The van der Waals surface area contributed by atoms with Crippen molar-refractivity contribution in [3.63, 3.8) is 0 Å². The third-order valence-corrected chi connectivity index (χ3v) is 3.25. The van der Waals surface area contributed by atoms with Gasteiger partial charge in [-0.05, 0) is 0 Å². The summed E-state index contributed by atoms with van der Waals surface area (Å²) in [5.74, 6) is -6.15. The monoisotopic (exact) mass is 368 g/mol. The second kappa shape index (κ2) is 5.32. The molecule has 23 heavy (non-hydrogen) atoms. The molecule has 0 aromatic heterocycles. The van der Waals surface area contributed by atoms with E-state index in [1.807, 2.05) is 0 Å². The third kappa shape index (κ3) is 3.33. The maximum absolute atomic E-state index is 13.4. The predicted octanol–water partition coefficient (Wildman–Crippen LogP) is 2.82. The Labute approximate surface area is 121 Å². The first-order valence-electron chi connectivity index (χ1n) is 4.97. The minimum absolute atomic E-state index is 0.330. The smallest absolute Gasteiger partial charge is 0.258 e. The van der Waals surface area contributed by atoms with Crippen molar-refractivity contribution < 1.29 is 44.1 Å². The summed E-state index contributed by atoms with van der Waals surface area (Å²) in [6.07, 6.45) is -6.52. The average molecular weight is 368 g/mol. The Bertz CT molecular complexity index is 789. The molecule has 0 heterocycles. The number of nitro benzene ring substituents is 2. The van der Waals surface area contributed by atoms with Crippen molar-refractivity contribution in [2.75, 3.05) is 0 Å². The highest BCUT2D eigenvalue weighted by Crippen LogP contribution is 2.50. The van der Waals surface area contributed by atoms with E-state index in [4.69, 9.17) is 0 Å². The number of halogens is 6. The van der Waals surface area contributed by atoms with Gasteiger partial charge in [0.05, 0.1) is 15.9 Å². The van der Waals surface area contributed by atoms with Crippen LogP contribution >= 0.6 is 0 Å². The van der Waals surface area contributed by atoms with E-state index in [1.54, 1.807) is 0 Å². The van der Waals surface area contributed by atoms with Crippen LogP contribution in [0.3, 0.4) is 0 Å². The summed E-state index contributed by atoms with van der Waals surface area (Å²) >= 11 is 0. The van der Waals surface area contributed by atoms with Crippen LogP contribution in [0.2, 0.25) is 0 Å². The molecule has 0 saturated carbocycles. The fourth-order valence-corrected chi connectivity index (χ4v) is 2.22. The van der Waals surface area contributed by atoms with Gasteiger partial charge in [0.2, 0.25) is 0 Å². The average Bonchev–Trinajstić information content (AvgIpc) is 2.34. The largest absolute Gasteiger partial charge is 0.458 e. The van der Waals surface area contributed by atoms with Gasteiger partial charge in [-0.2, -0.15) is 30.4 Å². The summed E-state index contributed by atoms with van der Waals surface area (Å²) in [7, 11) is -6.38. The van der Waals surface area contributed by atoms with Gasteiger partial charge in [0.1, 0.15) is 10.5 Å². The highest BCUT2D eigenvalue weighted by molar-refractivity contribution is 7.86. The second-order valence-corrected chi connectivity index (χ2v) is 5.18. The Balaban J connectivity index is 4.09. The van der Waals surface area contributed by atoms with Crippen molar-refractivity contribution in [1.29, 1.82) is 0 Å². The molecule has 15 heteroatoms. The van der Waals surface area contributed by atoms with Crippen LogP contribution in [0, 0.1) is 20.2 Å². The molecule has 8 nitrogen and oxygen atoms in total. The number of non-ortho nitro benzene ring substituents is 1. The Morgan fingerprint density at radius 2 is 1.43 bits per heavy atom. The van der Waals surface area contributed by atoms with Crippen molar-refractivity contribution >= 4 is 21.6 Å². The van der Waals surface area contributed by atoms with Gasteiger partial charge < -0.3 is 0 Å². The molecule has 0 fully saturated rings. The molecule has 0 N–H and O–H groups in total. The van der Waals surface area contributed by atoms with Crippen molar-refractivity contribution in [2.45, 2.75) is 17.0 Å². The van der Waals surface area contributed by atoms with Crippen molar-refractivity contribution in [2.24, 2.45) is 0 Å². The normalized spacial score (nSPS) is 13.0. The number of rotatable bonds is 4. The lowest BCUT2D eigenvalue weighted by Crippen LogP contribution is -2.35. The molecule has 0 unspecified atom stereocenters. The van der Waals surface area contributed by atoms with Crippen molar-refractivity contribution in [3.05, 3.63) is 37.9 Å². The fourth-order valence-electron chi connectivity index (χ4n) is 1.49. The molecule has 0 saturated heterocycles. The van der Waals surface area contributed by atoms with Gasteiger partial charge in [0, 0.05) is 6.07 Å². The highest BCUT2D eigenvalue weighted by Gasteiger charge is 2.63. The predicted molar refractivity (Wildman–Crippen MR) is 58.0 cm³/mol. The minimum Gasteiger partial charge on any atom is -0.258 e. The number of hydrogen-bond donors (Lipinski definition) is 0. The lowest BCUT2D eigenvalue weighted by Gasteiger charge is -2.21. The number of alkyl halides is 5. The molecule has 1 rings (SSSR count). The van der Waals surface area contributed by atoms with Crippen molar-refractivity contribution in [1.82, 2.24) is 0 Å². The molecule has 0 radical (unpaired) electrons. The standard InChI is InChI=1S/C8H2F6N2O6S/c9-7(10,8(11,12)13)6-4(16(19)20)1-3(15(17)18)2-5(6)23(14,21)22/h1-2H. The number of nitro groups is 2. The molecule has 128 valence electrons. The van der Waals surface area contributed by atoms with Gasteiger partial charge in [0.15, 0.2) is 0 Å². The zero-order valence-corrected chi connectivity index (χ0v) is 11.0. The van der Waals surface area contributed by atoms with Gasteiger partial charge in [-0.1, -0.05) is 0 Å². The molecule has 0 aliphatic carbocycles. The van der Waals surface area contributed by atoms with Gasteiger partial charge in [0.25, 0.3) is 11.4 Å². The van der Waals surface area contributed by atoms with E-state index in [1.165, 1.54) is 0 Å². The Kier molecular flexibility index (Phi) is 4.30. The van der Waals surface area contributed by atoms with Gasteiger partial charge in [-0.25, -0.2) is 0 Å². The maximum Gasteiger partial charge on any atom is 0.458 e. The van der Waals surface area contributed by atoms with Gasteiger partial charge >= 0.3 is 22.3 Å². The summed E-state index contributed by atoms with van der Waals surface area (Å²) in [6, 6.07) is -0.791. The summed E-state index contributed by atoms with van der Waals surface area (Å²) in [5.41, 5.74) is -6.67. The van der Waals surface area contributed by atoms with Crippen LogP contribution < -0.4 is 0 Å². The summed E-state index contributed by atoms with van der Waals surface area (Å²) in [6.45, 7) is 0. The number of hydrogen-bond acceptors (Lipinski definition) is 6. The van der Waals surface area contributed by atoms with Crippen LogP contribution in [-0.4, -0.2) is 24.4 Å². The molecule has 0 aliphatic rings. The van der Waals surface area contributed by atoms with Crippen LogP contribution in [0.5, 0.6) is 0 Å². The SMILES string of the molecule is O=[N+]([O-])c1cc([N+](=O)[O-])c(C(F)(F)C(F)(F)F)c(S(=O)(=O)F)c1. The molecule has 0 aliphatic heterocycles. The van der Waals surface area contributed by atoms with Crippen LogP contribution in [0.4, 0.5) is 37.2 Å². The van der Waals surface area contributed by atoms with Crippen molar-refractivity contribution in [3.8, 4) is 0 Å². The minimum atomic E-state index is -6.52. The first-order valence-corrected chi connectivity index (χ1v) is 6.35. The molecule has 0 bridgehead atoms. The zero-order chi connectivity index (χ0) is 18.4. The lowest BCUT2D eigenvalue weighted by molar-refractivity contribution is -0.397. The zero-order valence-electron chi connectivity index (χ0n) is 10.2. The van der Waals surface area contributed by atoms with E-state index in [0.29, 0.717) is 0 Å². The van der Waals surface area contributed by atoms with Crippen LogP contribution in [0.1, 0.15) is 5.56 Å². The Morgan fingerprint density at radius 3 is 1.74 bits per heavy atom. The molecule has 1 aromatic carbocycles. The van der Waals surface area contributed by atoms with E-state index in [9.17, 15) is 54.5 Å². The summed E-state index contributed by atoms with van der Waals surface area (Å²) in [5, 5.41) is 21.1. The van der Waals surface area contributed by atoms with E-state index in [2.05, 4.69) is 0 Å². The fraction of sp³-hybridized carbons (Fsp3) is 0.250. The number of benzene rings is 1. The van der Waals surface area contributed by atoms with E-state index in [-0.39, 0.29) is 6.07 Å². The van der Waals surface area contributed by atoms with Gasteiger partial charge in [-0.3, -0.25) is 20.2 Å². The van der Waals surface area contributed by atoms with Crippen LogP contribution in [0.25, 0.3) is 0 Å². The Hall–Kier alpha value is -2.45. The highest BCUT2D eigenvalue weighted by atomic mass is 32.3. The molecular formula is C8H2F6N2O6S.